The van der Waals surface area contributed by atoms with Crippen LogP contribution in [-0.2, 0) is 13.0 Å². The summed E-state index contributed by atoms with van der Waals surface area (Å²) in [4.78, 5) is 36.3. The smallest absolute Gasteiger partial charge is 0.275 e. The van der Waals surface area contributed by atoms with Crippen molar-refractivity contribution in [3.05, 3.63) is 51.6 Å². The van der Waals surface area contributed by atoms with Crippen LogP contribution in [0.5, 0.6) is 0 Å². The number of carbonyl (C=O) groups is 2. The van der Waals surface area contributed by atoms with E-state index in [1.165, 1.54) is 22.7 Å². The van der Waals surface area contributed by atoms with Crippen LogP contribution in [-0.4, -0.2) is 40.3 Å². The zero-order chi connectivity index (χ0) is 19.0. The van der Waals surface area contributed by atoms with Gasteiger partial charge in [-0.15, -0.1) is 22.7 Å². The Balaban J connectivity index is 1.60. The number of hydrogen-bond acceptors (Lipinski definition) is 7. The van der Waals surface area contributed by atoms with Gasteiger partial charge in [-0.25, -0.2) is 4.98 Å². The third-order valence-electron chi connectivity index (χ3n) is 4.39. The van der Waals surface area contributed by atoms with E-state index < -0.39 is 5.91 Å². The summed E-state index contributed by atoms with van der Waals surface area (Å²) in [5.74, 6) is -0.857. The van der Waals surface area contributed by atoms with Crippen molar-refractivity contribution in [2.24, 2.45) is 5.73 Å². The number of thiophene rings is 1. The van der Waals surface area contributed by atoms with E-state index in [0.29, 0.717) is 16.3 Å². The SMILES string of the molecule is CN1CCc2c(sc(NC(=O)c3csc(-c4ccncc4)n3)c2C(N)=O)C1. The summed E-state index contributed by atoms with van der Waals surface area (Å²) in [5.41, 5.74) is 8.20. The lowest BCUT2D eigenvalue weighted by Crippen LogP contribution is -2.27. The Morgan fingerprint density at radius 1 is 1.30 bits per heavy atom. The molecular weight excluding hydrogens is 382 g/mol. The van der Waals surface area contributed by atoms with Gasteiger partial charge in [0.15, 0.2) is 0 Å². The van der Waals surface area contributed by atoms with Gasteiger partial charge in [-0.05, 0) is 31.2 Å². The first kappa shape index (κ1) is 17.8. The minimum Gasteiger partial charge on any atom is -0.365 e. The molecule has 0 aliphatic carbocycles. The number of thiazole rings is 1. The van der Waals surface area contributed by atoms with Crippen LogP contribution < -0.4 is 11.1 Å². The van der Waals surface area contributed by atoms with Crippen molar-refractivity contribution >= 4 is 39.5 Å². The van der Waals surface area contributed by atoms with E-state index in [4.69, 9.17) is 5.73 Å². The van der Waals surface area contributed by atoms with Crippen molar-refractivity contribution in [2.75, 3.05) is 18.9 Å². The number of pyridine rings is 1. The van der Waals surface area contributed by atoms with Gasteiger partial charge >= 0.3 is 0 Å². The second-order valence-corrected chi connectivity index (χ2v) is 8.25. The van der Waals surface area contributed by atoms with Gasteiger partial charge in [-0.1, -0.05) is 0 Å². The number of primary amides is 1. The van der Waals surface area contributed by atoms with Crippen LogP contribution in [0.2, 0.25) is 0 Å². The second kappa shape index (κ2) is 7.18. The number of nitrogens with two attached hydrogens (primary N) is 1. The third-order valence-corrected chi connectivity index (χ3v) is 6.41. The lowest BCUT2D eigenvalue weighted by atomic mass is 10.0. The highest BCUT2D eigenvalue weighted by atomic mass is 32.1. The van der Waals surface area contributed by atoms with Gasteiger partial charge in [-0.3, -0.25) is 14.6 Å². The number of carbonyl (C=O) groups excluding carboxylic acids is 2. The molecule has 0 aromatic carbocycles. The molecule has 2 amide bonds. The Morgan fingerprint density at radius 2 is 2.07 bits per heavy atom. The predicted molar refractivity (Wildman–Crippen MR) is 106 cm³/mol. The highest BCUT2D eigenvalue weighted by Gasteiger charge is 2.27. The number of anilines is 1. The molecule has 138 valence electrons. The van der Waals surface area contributed by atoms with Gasteiger partial charge in [0.1, 0.15) is 15.7 Å². The molecule has 0 atom stereocenters. The number of fused-ring (bicyclic) bond motifs is 1. The van der Waals surface area contributed by atoms with Crippen LogP contribution in [0.3, 0.4) is 0 Å². The van der Waals surface area contributed by atoms with E-state index in [9.17, 15) is 9.59 Å². The molecule has 7 nitrogen and oxygen atoms in total. The normalized spacial score (nSPS) is 14.0. The summed E-state index contributed by atoms with van der Waals surface area (Å²) in [5, 5.41) is 5.79. The zero-order valence-electron chi connectivity index (χ0n) is 14.6. The predicted octanol–water partition coefficient (Wildman–Crippen LogP) is 2.61. The molecule has 0 radical (unpaired) electrons. The number of nitrogens with one attached hydrogen (secondary N) is 1. The van der Waals surface area contributed by atoms with E-state index >= 15 is 0 Å². The molecule has 3 aromatic heterocycles. The third kappa shape index (κ3) is 3.48. The molecule has 3 aromatic rings. The summed E-state index contributed by atoms with van der Waals surface area (Å²) in [6, 6.07) is 3.69. The average molecular weight is 400 g/mol. The van der Waals surface area contributed by atoms with E-state index in [1.54, 1.807) is 17.8 Å². The standard InChI is InChI=1S/C18H17N5O2S2/c1-23-7-4-11-13(8-23)27-18(14(11)15(19)24)22-16(25)12-9-26-17(21-12)10-2-5-20-6-3-10/h2-3,5-6,9H,4,7-8H2,1H3,(H2,19,24)(H,22,25). The topological polar surface area (TPSA) is 101 Å². The van der Waals surface area contributed by atoms with Crippen LogP contribution in [0.25, 0.3) is 10.6 Å². The number of rotatable bonds is 4. The van der Waals surface area contributed by atoms with Gasteiger partial charge in [0.05, 0.1) is 5.56 Å². The average Bonchev–Trinajstić information content (AvgIpc) is 3.26. The lowest BCUT2D eigenvalue weighted by molar-refractivity contribution is 0.1000. The Hall–Kier alpha value is -2.62. The van der Waals surface area contributed by atoms with Crippen LogP contribution >= 0.6 is 22.7 Å². The van der Waals surface area contributed by atoms with Crippen LogP contribution in [0.4, 0.5) is 5.00 Å². The summed E-state index contributed by atoms with van der Waals surface area (Å²) < 4.78 is 0. The molecule has 0 spiro atoms. The number of amides is 2. The molecule has 9 heteroatoms. The Morgan fingerprint density at radius 3 is 2.81 bits per heavy atom. The molecule has 1 aliphatic rings. The van der Waals surface area contributed by atoms with Crippen LogP contribution in [0, 0.1) is 0 Å². The molecule has 0 bridgehead atoms. The summed E-state index contributed by atoms with van der Waals surface area (Å²) in [6.45, 7) is 1.61. The Kier molecular flexibility index (Phi) is 4.73. The van der Waals surface area contributed by atoms with Crippen molar-refractivity contribution in [3.8, 4) is 10.6 Å². The van der Waals surface area contributed by atoms with E-state index in [0.717, 1.165) is 40.5 Å². The van der Waals surface area contributed by atoms with Crippen molar-refractivity contribution < 1.29 is 9.59 Å². The lowest BCUT2D eigenvalue weighted by Gasteiger charge is -2.22. The number of likely N-dealkylation sites (N-methyl/N-ethyl adjacent to an activating group) is 1. The second-order valence-electron chi connectivity index (χ2n) is 6.29. The minimum absolute atomic E-state index is 0.311. The monoisotopic (exact) mass is 399 g/mol. The first-order chi connectivity index (χ1) is 13.0. The molecule has 4 heterocycles. The fourth-order valence-electron chi connectivity index (χ4n) is 3.05. The summed E-state index contributed by atoms with van der Waals surface area (Å²) in [6.07, 6.45) is 4.12. The number of aromatic nitrogens is 2. The van der Waals surface area contributed by atoms with Crippen molar-refractivity contribution in [3.63, 3.8) is 0 Å². The highest BCUT2D eigenvalue weighted by molar-refractivity contribution is 7.17. The molecule has 0 saturated heterocycles. The molecule has 27 heavy (non-hydrogen) atoms. The molecule has 1 aliphatic heterocycles. The maximum Gasteiger partial charge on any atom is 0.275 e. The van der Waals surface area contributed by atoms with Crippen molar-refractivity contribution in [1.29, 1.82) is 0 Å². The Labute approximate surface area is 163 Å². The summed E-state index contributed by atoms with van der Waals surface area (Å²) >= 11 is 2.80. The number of nitrogens with zero attached hydrogens (tertiary/aromatic N) is 3. The van der Waals surface area contributed by atoms with Gasteiger partial charge in [-0.2, -0.15) is 0 Å². The van der Waals surface area contributed by atoms with Crippen molar-refractivity contribution in [2.45, 2.75) is 13.0 Å². The van der Waals surface area contributed by atoms with E-state index in [1.807, 2.05) is 19.2 Å². The fourth-order valence-corrected chi connectivity index (χ4v) is 5.19. The summed E-state index contributed by atoms with van der Waals surface area (Å²) in [7, 11) is 2.03. The minimum atomic E-state index is -0.511. The molecular formula is C18H17N5O2S2. The zero-order valence-corrected chi connectivity index (χ0v) is 16.2. The first-order valence-electron chi connectivity index (χ1n) is 8.33. The van der Waals surface area contributed by atoms with E-state index in [-0.39, 0.29) is 5.91 Å². The molecule has 0 fully saturated rings. The van der Waals surface area contributed by atoms with Gasteiger partial charge in [0, 0.05) is 41.3 Å². The number of hydrogen-bond donors (Lipinski definition) is 2. The van der Waals surface area contributed by atoms with Crippen LogP contribution in [0.15, 0.2) is 29.9 Å². The quantitative estimate of drug-likeness (QED) is 0.702. The first-order valence-corrected chi connectivity index (χ1v) is 10.0. The maximum atomic E-state index is 12.7. The highest BCUT2D eigenvalue weighted by Crippen LogP contribution is 2.37. The van der Waals surface area contributed by atoms with E-state index in [2.05, 4.69) is 20.2 Å². The van der Waals surface area contributed by atoms with Gasteiger partial charge in [0.2, 0.25) is 0 Å². The van der Waals surface area contributed by atoms with Gasteiger partial charge < -0.3 is 16.0 Å². The molecule has 4 rings (SSSR count). The fraction of sp³-hybridized carbons (Fsp3) is 0.222. The van der Waals surface area contributed by atoms with Crippen LogP contribution in [0.1, 0.15) is 31.3 Å². The maximum absolute atomic E-state index is 12.7. The van der Waals surface area contributed by atoms with Gasteiger partial charge in [0.25, 0.3) is 11.8 Å². The Bertz CT molecular complexity index is 1010. The van der Waals surface area contributed by atoms with Crippen molar-refractivity contribution in [1.82, 2.24) is 14.9 Å². The largest absolute Gasteiger partial charge is 0.365 e. The molecule has 3 N–H and O–H groups in total. The molecule has 0 saturated carbocycles. The molecule has 0 unspecified atom stereocenters.